The third-order valence-corrected chi connectivity index (χ3v) is 3.09. The van der Waals surface area contributed by atoms with E-state index in [9.17, 15) is 14.9 Å². The number of ether oxygens (including phenoxy) is 2. The minimum Gasteiger partial charge on any atom is -0.488 e. The number of nitrogens with one attached hydrogen (secondary N) is 1. The number of nitro benzene ring substituents is 1. The van der Waals surface area contributed by atoms with Gasteiger partial charge in [0.1, 0.15) is 12.6 Å². The Morgan fingerprint density at radius 1 is 1.43 bits per heavy atom. The molecule has 1 unspecified atom stereocenters. The molecular formula is C12H14Cl2N2O5. The summed E-state index contributed by atoms with van der Waals surface area (Å²) in [6, 6.07) is 1.56. The van der Waals surface area contributed by atoms with Gasteiger partial charge >= 0.3 is 5.97 Å². The maximum Gasteiger partial charge on any atom is 0.326 e. The molecule has 0 fully saturated rings. The van der Waals surface area contributed by atoms with Crippen LogP contribution in [0.3, 0.4) is 0 Å². The fraction of sp³-hybridized carbons (Fsp3) is 0.417. The van der Waals surface area contributed by atoms with Crippen LogP contribution in [0.1, 0.15) is 6.92 Å². The lowest BCUT2D eigenvalue weighted by atomic mass is 10.3. The van der Waals surface area contributed by atoms with E-state index < -0.39 is 16.9 Å². The minimum absolute atomic E-state index is 0.00526. The van der Waals surface area contributed by atoms with Crippen molar-refractivity contribution in [2.45, 2.75) is 13.0 Å². The van der Waals surface area contributed by atoms with Gasteiger partial charge < -0.3 is 14.8 Å². The molecule has 0 saturated heterocycles. The molecule has 0 heterocycles. The molecule has 1 rings (SSSR count). The fourth-order valence-corrected chi connectivity index (χ4v) is 2.14. The highest BCUT2D eigenvalue weighted by molar-refractivity contribution is 6.37. The topological polar surface area (TPSA) is 90.7 Å². The summed E-state index contributed by atoms with van der Waals surface area (Å²) in [5.74, 6) is -0.415. The van der Waals surface area contributed by atoms with Gasteiger partial charge in [0.25, 0.3) is 5.69 Å². The predicted molar refractivity (Wildman–Crippen MR) is 78.1 cm³/mol. The summed E-state index contributed by atoms with van der Waals surface area (Å²) in [5.41, 5.74) is -0.242. The molecule has 1 aromatic carbocycles. The van der Waals surface area contributed by atoms with E-state index in [-0.39, 0.29) is 28.1 Å². The van der Waals surface area contributed by atoms with Gasteiger partial charge in [-0.3, -0.25) is 14.9 Å². The maximum atomic E-state index is 11.5. The molecule has 0 amide bonds. The molecule has 7 nitrogen and oxygen atoms in total. The Kier molecular flexibility index (Phi) is 6.67. The van der Waals surface area contributed by atoms with E-state index in [2.05, 4.69) is 10.1 Å². The van der Waals surface area contributed by atoms with Crippen molar-refractivity contribution in [2.75, 3.05) is 20.3 Å². The number of nitrogens with zero attached hydrogens (tertiary/aromatic N) is 1. The number of hydrogen-bond donors (Lipinski definition) is 1. The molecule has 0 aromatic heterocycles. The van der Waals surface area contributed by atoms with Crippen LogP contribution >= 0.6 is 23.2 Å². The predicted octanol–water partition coefficient (Wildman–Crippen LogP) is 2.43. The number of hydrogen-bond acceptors (Lipinski definition) is 6. The number of likely N-dealkylation sites (N-methyl/N-ethyl adjacent to an activating group) is 1. The average molecular weight is 337 g/mol. The zero-order valence-electron chi connectivity index (χ0n) is 11.4. The summed E-state index contributed by atoms with van der Waals surface area (Å²) in [6.45, 7) is 2.28. The second kappa shape index (κ2) is 8.02. The second-order valence-electron chi connectivity index (χ2n) is 3.94. The van der Waals surface area contributed by atoms with E-state index in [1.165, 1.54) is 7.11 Å². The molecular weight excluding hydrogens is 323 g/mol. The number of non-ortho nitro benzene ring substituents is 1. The van der Waals surface area contributed by atoms with Crippen LogP contribution < -0.4 is 10.1 Å². The van der Waals surface area contributed by atoms with Gasteiger partial charge in [-0.1, -0.05) is 30.1 Å². The largest absolute Gasteiger partial charge is 0.488 e. The molecule has 1 aromatic rings. The normalized spacial score (nSPS) is 11.8. The molecule has 1 atom stereocenters. The number of halogens is 2. The molecule has 9 heteroatoms. The number of benzene rings is 1. The van der Waals surface area contributed by atoms with Crippen molar-refractivity contribution in [3.05, 3.63) is 32.3 Å². The van der Waals surface area contributed by atoms with Crippen LogP contribution in [0.5, 0.6) is 5.75 Å². The summed E-state index contributed by atoms with van der Waals surface area (Å²) in [4.78, 5) is 21.6. The lowest BCUT2D eigenvalue weighted by Gasteiger charge is -2.17. The van der Waals surface area contributed by atoms with Crippen LogP contribution in [-0.4, -0.2) is 37.2 Å². The van der Waals surface area contributed by atoms with Crippen molar-refractivity contribution < 1.29 is 19.2 Å². The van der Waals surface area contributed by atoms with Gasteiger partial charge in [0.2, 0.25) is 0 Å². The van der Waals surface area contributed by atoms with Crippen molar-refractivity contribution >= 4 is 34.9 Å². The molecule has 0 bridgehead atoms. The van der Waals surface area contributed by atoms with Gasteiger partial charge in [-0.25, -0.2) is 0 Å². The Morgan fingerprint density at radius 3 is 2.43 bits per heavy atom. The van der Waals surface area contributed by atoms with Crippen LogP contribution in [0.15, 0.2) is 12.1 Å². The lowest BCUT2D eigenvalue weighted by molar-refractivity contribution is -0.384. The molecule has 0 aliphatic carbocycles. The number of carbonyl (C=O) groups excluding carboxylic acids is 1. The molecule has 116 valence electrons. The maximum absolute atomic E-state index is 11.5. The average Bonchev–Trinajstić information content (AvgIpc) is 2.44. The van der Waals surface area contributed by atoms with E-state index in [0.717, 1.165) is 12.1 Å². The third kappa shape index (κ3) is 4.73. The van der Waals surface area contributed by atoms with E-state index in [1.54, 1.807) is 0 Å². The summed E-state index contributed by atoms with van der Waals surface area (Å²) < 4.78 is 10.0. The van der Waals surface area contributed by atoms with Crippen molar-refractivity contribution in [2.24, 2.45) is 0 Å². The molecule has 0 saturated carbocycles. The van der Waals surface area contributed by atoms with Crippen LogP contribution in [0, 0.1) is 10.1 Å². The Morgan fingerprint density at radius 2 is 2.00 bits per heavy atom. The van der Waals surface area contributed by atoms with Gasteiger partial charge in [-0.2, -0.15) is 0 Å². The fourth-order valence-electron chi connectivity index (χ4n) is 1.56. The highest BCUT2D eigenvalue weighted by Crippen LogP contribution is 2.36. The quantitative estimate of drug-likeness (QED) is 0.467. The number of carbonyl (C=O) groups is 1. The summed E-state index contributed by atoms with van der Waals surface area (Å²) in [5, 5.41) is 13.5. The molecule has 0 spiro atoms. The third-order valence-electron chi connectivity index (χ3n) is 2.52. The SMILES string of the molecule is CCNC(COc1c(Cl)cc([N+](=O)[O-])cc1Cl)C(=O)OC. The van der Waals surface area contributed by atoms with E-state index in [1.807, 2.05) is 6.92 Å². The standard InChI is InChI=1S/C12H14Cl2N2O5/c1-3-15-10(12(17)20-2)6-21-11-8(13)4-7(16(18)19)5-9(11)14/h4-5,10,15H,3,6H2,1-2H3. The first-order chi connectivity index (χ1) is 9.90. The number of methoxy groups -OCH3 is 1. The van der Waals surface area contributed by atoms with Crippen molar-refractivity contribution in [3.8, 4) is 5.75 Å². The molecule has 1 N–H and O–H groups in total. The number of nitro groups is 1. The van der Waals surface area contributed by atoms with E-state index in [0.29, 0.717) is 6.54 Å². The first-order valence-corrected chi connectivity index (χ1v) is 6.73. The lowest BCUT2D eigenvalue weighted by Crippen LogP contribution is -2.42. The van der Waals surface area contributed by atoms with Crippen molar-refractivity contribution in [3.63, 3.8) is 0 Å². The van der Waals surface area contributed by atoms with Gasteiger partial charge in [0.05, 0.1) is 22.1 Å². The first-order valence-electron chi connectivity index (χ1n) is 5.98. The smallest absolute Gasteiger partial charge is 0.326 e. The summed E-state index contributed by atoms with van der Waals surface area (Å²) >= 11 is 11.8. The van der Waals surface area contributed by atoms with Crippen LogP contribution in [-0.2, 0) is 9.53 Å². The number of rotatable bonds is 7. The highest BCUT2D eigenvalue weighted by atomic mass is 35.5. The zero-order valence-corrected chi connectivity index (χ0v) is 12.9. The Hall–Kier alpha value is -1.57. The summed E-state index contributed by atoms with van der Waals surface area (Å²) in [6.07, 6.45) is 0. The zero-order chi connectivity index (χ0) is 16.0. The molecule has 0 aliphatic rings. The first kappa shape index (κ1) is 17.5. The van der Waals surface area contributed by atoms with E-state index >= 15 is 0 Å². The second-order valence-corrected chi connectivity index (χ2v) is 4.75. The van der Waals surface area contributed by atoms with Crippen LogP contribution in [0.2, 0.25) is 10.0 Å². The van der Waals surface area contributed by atoms with Crippen LogP contribution in [0.4, 0.5) is 5.69 Å². The molecule has 0 radical (unpaired) electrons. The minimum atomic E-state index is -0.692. The van der Waals surface area contributed by atoms with Gasteiger partial charge in [0.15, 0.2) is 5.75 Å². The van der Waals surface area contributed by atoms with Crippen molar-refractivity contribution in [1.29, 1.82) is 0 Å². The highest BCUT2D eigenvalue weighted by Gasteiger charge is 2.21. The number of esters is 1. The van der Waals surface area contributed by atoms with Gasteiger partial charge in [-0.05, 0) is 6.54 Å². The van der Waals surface area contributed by atoms with Crippen molar-refractivity contribution in [1.82, 2.24) is 5.32 Å². The molecule has 0 aliphatic heterocycles. The van der Waals surface area contributed by atoms with Gasteiger partial charge in [-0.15, -0.1) is 0 Å². The van der Waals surface area contributed by atoms with Gasteiger partial charge in [0, 0.05) is 12.1 Å². The Balaban J connectivity index is 2.87. The molecule has 21 heavy (non-hydrogen) atoms. The Labute approximate surface area is 131 Å². The Bertz CT molecular complexity index is 515. The van der Waals surface area contributed by atoms with Crippen LogP contribution in [0.25, 0.3) is 0 Å². The summed E-state index contributed by atoms with van der Waals surface area (Å²) in [7, 11) is 1.26. The van der Waals surface area contributed by atoms with E-state index in [4.69, 9.17) is 27.9 Å². The monoisotopic (exact) mass is 336 g/mol.